The van der Waals surface area contributed by atoms with Crippen molar-refractivity contribution < 1.29 is 27.7 Å². The summed E-state index contributed by atoms with van der Waals surface area (Å²) in [6.45, 7) is 11.1. The lowest BCUT2D eigenvalue weighted by atomic mass is 9.93. The fraction of sp³-hybridized carbons (Fsp3) is 0.571. The molecular formula is C42H58F2O4. The van der Waals surface area contributed by atoms with Crippen LogP contribution in [0.5, 0.6) is 23.0 Å². The molecule has 0 bridgehead atoms. The molecule has 6 heteroatoms. The largest absolute Gasteiger partial charge is 0.490 e. The van der Waals surface area contributed by atoms with E-state index in [1.165, 1.54) is 25.0 Å². The van der Waals surface area contributed by atoms with Gasteiger partial charge in [0.05, 0.1) is 26.4 Å². The Labute approximate surface area is 287 Å². The molecular weight excluding hydrogens is 606 g/mol. The van der Waals surface area contributed by atoms with Gasteiger partial charge in [-0.1, -0.05) is 105 Å². The maximum atomic E-state index is 14.9. The second kappa shape index (κ2) is 20.3. The molecule has 0 spiro atoms. The van der Waals surface area contributed by atoms with Gasteiger partial charge in [-0.25, -0.2) is 8.78 Å². The molecule has 0 aliphatic rings. The van der Waals surface area contributed by atoms with Crippen LogP contribution in [-0.4, -0.2) is 26.4 Å². The van der Waals surface area contributed by atoms with Gasteiger partial charge in [-0.3, -0.25) is 0 Å². The standard InChI is InChI=1S/C42H58F2O4/c1-5-9-13-17-21-45-39-27-33-31-25-37(43)38(44)26-32(31)34-28-40(46-22-18-14-10-6-2)42(48-24-20-16-12-8-4)30-36(34)35(33)29-41(39)47-23-19-15-11-7-3/h25-30H,5-24H2,1-4H3. The minimum atomic E-state index is -0.874. The molecule has 0 amide bonds. The van der Waals surface area contributed by atoms with Crippen molar-refractivity contribution in [2.45, 2.75) is 130 Å². The molecule has 0 fully saturated rings. The van der Waals surface area contributed by atoms with Crippen LogP contribution in [0.2, 0.25) is 0 Å². The summed E-state index contributed by atoms with van der Waals surface area (Å²) < 4.78 is 55.3. The predicted octanol–water partition coefficient (Wildman–Crippen LogP) is 13.3. The number of fused-ring (bicyclic) bond motifs is 6. The number of hydrogen-bond acceptors (Lipinski definition) is 4. The summed E-state index contributed by atoms with van der Waals surface area (Å²) in [7, 11) is 0. The van der Waals surface area contributed by atoms with E-state index in [4.69, 9.17) is 18.9 Å². The fourth-order valence-electron chi connectivity index (χ4n) is 6.30. The van der Waals surface area contributed by atoms with Crippen molar-refractivity contribution in [1.82, 2.24) is 0 Å². The molecule has 48 heavy (non-hydrogen) atoms. The molecule has 0 aliphatic heterocycles. The summed E-state index contributed by atoms with van der Waals surface area (Å²) in [5, 5.41) is 4.61. The smallest absolute Gasteiger partial charge is 0.161 e. The van der Waals surface area contributed by atoms with Crippen LogP contribution in [-0.2, 0) is 0 Å². The number of benzene rings is 4. The van der Waals surface area contributed by atoms with Crippen molar-refractivity contribution in [3.05, 3.63) is 48.0 Å². The van der Waals surface area contributed by atoms with Gasteiger partial charge in [0.15, 0.2) is 34.6 Å². The van der Waals surface area contributed by atoms with E-state index in [1.54, 1.807) is 0 Å². The zero-order chi connectivity index (χ0) is 34.1. The van der Waals surface area contributed by atoms with E-state index in [0.717, 1.165) is 111 Å². The maximum Gasteiger partial charge on any atom is 0.161 e. The van der Waals surface area contributed by atoms with Crippen LogP contribution in [0, 0.1) is 11.6 Å². The summed E-state index contributed by atoms with van der Waals surface area (Å²) in [5.41, 5.74) is 0. The van der Waals surface area contributed by atoms with Crippen molar-refractivity contribution in [1.29, 1.82) is 0 Å². The third-order valence-electron chi connectivity index (χ3n) is 9.12. The van der Waals surface area contributed by atoms with E-state index in [9.17, 15) is 8.78 Å². The summed E-state index contributed by atoms with van der Waals surface area (Å²) in [6.07, 6.45) is 17.5. The van der Waals surface area contributed by atoms with E-state index in [-0.39, 0.29) is 0 Å². The van der Waals surface area contributed by atoms with E-state index in [2.05, 4.69) is 27.7 Å². The Hall–Kier alpha value is -3.28. The highest BCUT2D eigenvalue weighted by atomic mass is 19.2. The molecule has 0 unspecified atom stereocenters. The second-order valence-corrected chi connectivity index (χ2v) is 13.1. The van der Waals surface area contributed by atoms with Crippen LogP contribution in [0.4, 0.5) is 8.78 Å². The molecule has 0 aliphatic carbocycles. The van der Waals surface area contributed by atoms with Crippen LogP contribution >= 0.6 is 0 Å². The first-order valence-electron chi connectivity index (χ1n) is 18.9. The molecule has 0 saturated carbocycles. The Balaban J connectivity index is 1.86. The van der Waals surface area contributed by atoms with Crippen molar-refractivity contribution in [2.75, 3.05) is 26.4 Å². The van der Waals surface area contributed by atoms with E-state index in [1.807, 2.05) is 24.3 Å². The Kier molecular flexibility index (Phi) is 15.9. The lowest BCUT2D eigenvalue weighted by Crippen LogP contribution is -2.04. The molecule has 0 heterocycles. The molecule has 4 nitrogen and oxygen atoms in total. The van der Waals surface area contributed by atoms with E-state index < -0.39 is 11.6 Å². The fourth-order valence-corrected chi connectivity index (χ4v) is 6.30. The zero-order valence-electron chi connectivity index (χ0n) is 30.0. The average Bonchev–Trinajstić information content (AvgIpc) is 3.09. The average molecular weight is 665 g/mol. The van der Waals surface area contributed by atoms with Gasteiger partial charge in [0.2, 0.25) is 0 Å². The van der Waals surface area contributed by atoms with Crippen LogP contribution < -0.4 is 18.9 Å². The minimum absolute atomic E-state index is 0.571. The second-order valence-electron chi connectivity index (χ2n) is 13.1. The first-order valence-corrected chi connectivity index (χ1v) is 18.9. The van der Waals surface area contributed by atoms with Crippen LogP contribution in [0.1, 0.15) is 130 Å². The van der Waals surface area contributed by atoms with Gasteiger partial charge in [-0.2, -0.15) is 0 Å². The Bertz CT molecular complexity index is 1450. The predicted molar refractivity (Wildman–Crippen MR) is 197 cm³/mol. The van der Waals surface area contributed by atoms with Gasteiger partial charge in [0.1, 0.15) is 0 Å². The highest BCUT2D eigenvalue weighted by Crippen LogP contribution is 2.45. The van der Waals surface area contributed by atoms with Gasteiger partial charge in [0.25, 0.3) is 0 Å². The maximum absolute atomic E-state index is 14.9. The van der Waals surface area contributed by atoms with Gasteiger partial charge in [-0.05, 0) is 94.4 Å². The summed E-state index contributed by atoms with van der Waals surface area (Å²) >= 11 is 0. The van der Waals surface area contributed by atoms with Gasteiger partial charge in [-0.15, -0.1) is 0 Å². The Morgan fingerprint density at radius 1 is 0.333 bits per heavy atom. The number of unbranched alkanes of at least 4 members (excludes halogenated alkanes) is 12. The van der Waals surface area contributed by atoms with Crippen LogP contribution in [0.15, 0.2) is 36.4 Å². The van der Waals surface area contributed by atoms with Crippen molar-refractivity contribution in [3.8, 4) is 23.0 Å². The van der Waals surface area contributed by atoms with Crippen molar-refractivity contribution >= 4 is 32.3 Å². The Morgan fingerprint density at radius 2 is 0.562 bits per heavy atom. The van der Waals surface area contributed by atoms with Gasteiger partial charge < -0.3 is 18.9 Å². The number of rotatable bonds is 24. The van der Waals surface area contributed by atoms with Crippen LogP contribution in [0.3, 0.4) is 0 Å². The van der Waals surface area contributed by atoms with Crippen molar-refractivity contribution in [3.63, 3.8) is 0 Å². The molecule has 4 rings (SSSR count). The lowest BCUT2D eigenvalue weighted by Gasteiger charge is -2.19. The van der Waals surface area contributed by atoms with Crippen LogP contribution in [0.25, 0.3) is 32.3 Å². The summed E-state index contributed by atoms with van der Waals surface area (Å²) in [5.74, 6) is 0.882. The number of hydrogen-bond donors (Lipinski definition) is 0. The normalized spacial score (nSPS) is 11.5. The molecule has 4 aromatic rings. The molecule has 0 radical (unpaired) electrons. The van der Waals surface area contributed by atoms with E-state index in [0.29, 0.717) is 60.2 Å². The third-order valence-corrected chi connectivity index (χ3v) is 9.12. The first-order chi connectivity index (χ1) is 23.5. The molecule has 4 aromatic carbocycles. The molecule has 264 valence electrons. The highest BCUT2D eigenvalue weighted by molar-refractivity contribution is 6.26. The summed E-state index contributed by atoms with van der Waals surface area (Å²) in [4.78, 5) is 0. The zero-order valence-corrected chi connectivity index (χ0v) is 30.0. The number of halogens is 2. The Morgan fingerprint density at radius 3 is 0.792 bits per heavy atom. The topological polar surface area (TPSA) is 36.9 Å². The van der Waals surface area contributed by atoms with Gasteiger partial charge >= 0.3 is 0 Å². The molecule has 0 saturated heterocycles. The SMILES string of the molecule is CCCCCCOc1cc2c3cc(F)c(F)cc3c3cc(OCCCCCC)c(OCCCCCC)cc3c2cc1OCCCCCC. The molecule has 0 aromatic heterocycles. The number of ether oxygens (including phenoxy) is 4. The monoisotopic (exact) mass is 664 g/mol. The highest BCUT2D eigenvalue weighted by Gasteiger charge is 2.19. The third kappa shape index (κ3) is 10.4. The van der Waals surface area contributed by atoms with Gasteiger partial charge in [0, 0.05) is 0 Å². The first kappa shape index (κ1) is 37.5. The minimum Gasteiger partial charge on any atom is -0.490 e. The van der Waals surface area contributed by atoms with Crippen molar-refractivity contribution in [2.24, 2.45) is 0 Å². The summed E-state index contributed by atoms with van der Waals surface area (Å²) in [6, 6.07) is 10.6. The molecule has 0 N–H and O–H groups in total. The lowest BCUT2D eigenvalue weighted by molar-refractivity contribution is 0.259. The quantitative estimate of drug-likeness (QED) is 0.0552. The van der Waals surface area contributed by atoms with E-state index >= 15 is 0 Å². The molecule has 0 atom stereocenters.